The van der Waals surface area contributed by atoms with Crippen LogP contribution in [-0.4, -0.2) is 22.0 Å². The Labute approximate surface area is 110 Å². The van der Waals surface area contributed by atoms with E-state index in [1.807, 2.05) is 25.1 Å². The molecular weight excluding hydrogens is 254 g/mol. The van der Waals surface area contributed by atoms with E-state index in [-0.39, 0.29) is 11.2 Å². The van der Waals surface area contributed by atoms with Crippen LogP contribution in [0.5, 0.6) is 0 Å². The minimum Gasteiger partial charge on any atom is -0.388 e. The number of benzene rings is 1. The van der Waals surface area contributed by atoms with Gasteiger partial charge < -0.3 is 10.4 Å². The van der Waals surface area contributed by atoms with Crippen molar-refractivity contribution in [2.45, 2.75) is 29.6 Å². The van der Waals surface area contributed by atoms with Gasteiger partial charge in [0, 0.05) is 4.90 Å². The first-order valence-electron chi connectivity index (χ1n) is 5.52. The first-order valence-corrected chi connectivity index (χ1v) is 7.03. The van der Waals surface area contributed by atoms with Crippen molar-refractivity contribution in [3.63, 3.8) is 0 Å². The van der Waals surface area contributed by atoms with Gasteiger partial charge in [0.05, 0.1) is 17.0 Å². The molecule has 2 rings (SSSR count). The lowest BCUT2D eigenvalue weighted by atomic mass is 10.1. The van der Waals surface area contributed by atoms with Crippen LogP contribution in [0.15, 0.2) is 23.1 Å². The SMILES string of the molecule is CC1Sc2ccc(C(O)CCS)cc2NC1=O. The van der Waals surface area contributed by atoms with Crippen molar-refractivity contribution in [3.8, 4) is 0 Å². The highest BCUT2D eigenvalue weighted by Gasteiger charge is 2.23. The fourth-order valence-corrected chi connectivity index (χ4v) is 2.90. The molecule has 2 N–H and O–H groups in total. The van der Waals surface area contributed by atoms with Gasteiger partial charge in [-0.1, -0.05) is 6.07 Å². The van der Waals surface area contributed by atoms with Crippen molar-refractivity contribution in [1.82, 2.24) is 0 Å². The van der Waals surface area contributed by atoms with Gasteiger partial charge in [-0.25, -0.2) is 0 Å². The topological polar surface area (TPSA) is 49.3 Å². The minimum atomic E-state index is -0.515. The Kier molecular flexibility index (Phi) is 4.01. The number of anilines is 1. The van der Waals surface area contributed by atoms with E-state index in [2.05, 4.69) is 17.9 Å². The van der Waals surface area contributed by atoms with Gasteiger partial charge in [0.15, 0.2) is 0 Å². The Morgan fingerprint density at radius 3 is 3.06 bits per heavy atom. The molecule has 0 saturated carbocycles. The van der Waals surface area contributed by atoms with E-state index in [0.29, 0.717) is 12.2 Å². The number of aliphatic hydroxyl groups is 1. The number of fused-ring (bicyclic) bond motifs is 1. The summed E-state index contributed by atoms with van der Waals surface area (Å²) in [4.78, 5) is 12.6. The first-order chi connectivity index (χ1) is 8.11. The lowest BCUT2D eigenvalue weighted by Crippen LogP contribution is -2.26. The average Bonchev–Trinajstić information content (AvgIpc) is 2.30. The van der Waals surface area contributed by atoms with Crippen LogP contribution in [0.2, 0.25) is 0 Å². The maximum atomic E-state index is 11.6. The van der Waals surface area contributed by atoms with E-state index in [1.54, 1.807) is 11.8 Å². The number of carbonyl (C=O) groups excluding carboxylic acids is 1. The van der Waals surface area contributed by atoms with Gasteiger partial charge in [-0.15, -0.1) is 11.8 Å². The first kappa shape index (κ1) is 12.8. The van der Waals surface area contributed by atoms with Gasteiger partial charge in [0.2, 0.25) is 5.91 Å². The standard InChI is InChI=1S/C12H15NO2S2/c1-7-12(15)13-9-6-8(10(14)4-5-16)2-3-11(9)17-7/h2-3,6-7,10,14,16H,4-5H2,1H3,(H,13,15). The molecule has 0 aromatic heterocycles. The predicted molar refractivity (Wildman–Crippen MR) is 73.8 cm³/mol. The van der Waals surface area contributed by atoms with Gasteiger partial charge >= 0.3 is 0 Å². The molecule has 0 spiro atoms. The molecule has 0 radical (unpaired) electrons. The Morgan fingerprint density at radius 2 is 2.35 bits per heavy atom. The Hall–Kier alpha value is -0.650. The van der Waals surface area contributed by atoms with Crippen molar-refractivity contribution in [3.05, 3.63) is 23.8 Å². The minimum absolute atomic E-state index is 0.0170. The highest BCUT2D eigenvalue weighted by Crippen LogP contribution is 2.37. The molecule has 5 heteroatoms. The zero-order valence-corrected chi connectivity index (χ0v) is 11.2. The van der Waals surface area contributed by atoms with Crippen molar-refractivity contribution in [2.75, 3.05) is 11.1 Å². The summed E-state index contributed by atoms with van der Waals surface area (Å²) in [5.74, 6) is 0.652. The van der Waals surface area contributed by atoms with Crippen LogP contribution in [-0.2, 0) is 4.79 Å². The van der Waals surface area contributed by atoms with Crippen LogP contribution in [0.3, 0.4) is 0 Å². The molecular formula is C12H15NO2S2. The maximum Gasteiger partial charge on any atom is 0.237 e. The molecule has 1 heterocycles. The monoisotopic (exact) mass is 269 g/mol. The molecule has 1 aliphatic rings. The summed E-state index contributed by atoms with van der Waals surface area (Å²) in [7, 11) is 0. The van der Waals surface area contributed by atoms with Crippen LogP contribution in [0, 0.1) is 0 Å². The zero-order chi connectivity index (χ0) is 12.4. The molecule has 3 nitrogen and oxygen atoms in total. The van der Waals surface area contributed by atoms with E-state index >= 15 is 0 Å². The lowest BCUT2D eigenvalue weighted by Gasteiger charge is -2.22. The highest BCUT2D eigenvalue weighted by atomic mass is 32.2. The lowest BCUT2D eigenvalue weighted by molar-refractivity contribution is -0.115. The fourth-order valence-electron chi connectivity index (χ4n) is 1.72. The van der Waals surface area contributed by atoms with Crippen molar-refractivity contribution < 1.29 is 9.90 Å². The van der Waals surface area contributed by atoms with Crippen LogP contribution in [0.4, 0.5) is 5.69 Å². The number of nitrogens with one attached hydrogen (secondary N) is 1. The fraction of sp³-hybridized carbons (Fsp3) is 0.417. The molecule has 2 atom stereocenters. The second-order valence-corrected chi connectivity index (χ2v) is 5.86. The van der Waals surface area contributed by atoms with Crippen molar-refractivity contribution in [2.24, 2.45) is 0 Å². The summed E-state index contributed by atoms with van der Waals surface area (Å²) in [5, 5.41) is 12.7. The third-order valence-corrected chi connectivity index (χ3v) is 4.16. The molecule has 92 valence electrons. The molecule has 1 aliphatic heterocycles. The predicted octanol–water partition coefficient (Wildman–Crippen LogP) is 2.47. The molecule has 1 aromatic carbocycles. The van der Waals surface area contributed by atoms with Crippen molar-refractivity contribution in [1.29, 1.82) is 0 Å². The van der Waals surface area contributed by atoms with Gasteiger partial charge in [-0.2, -0.15) is 12.6 Å². The molecule has 0 saturated heterocycles. The van der Waals surface area contributed by atoms with Gasteiger partial charge in [-0.3, -0.25) is 4.79 Å². The second kappa shape index (κ2) is 5.33. The van der Waals surface area contributed by atoms with E-state index < -0.39 is 6.10 Å². The zero-order valence-electron chi connectivity index (χ0n) is 9.51. The molecule has 1 amide bonds. The number of aliphatic hydroxyl groups excluding tert-OH is 1. The molecule has 0 fully saturated rings. The quantitative estimate of drug-likeness (QED) is 0.739. The number of hydrogen-bond donors (Lipinski definition) is 3. The van der Waals surface area contributed by atoms with Crippen molar-refractivity contribution >= 4 is 36.0 Å². The molecule has 17 heavy (non-hydrogen) atoms. The number of thioether (sulfide) groups is 1. The number of rotatable bonds is 3. The van der Waals surface area contributed by atoms with E-state index in [1.165, 1.54) is 0 Å². The van der Waals surface area contributed by atoms with E-state index in [4.69, 9.17) is 0 Å². The van der Waals surface area contributed by atoms with E-state index in [9.17, 15) is 9.90 Å². The van der Waals surface area contributed by atoms with Gasteiger partial charge in [0.1, 0.15) is 0 Å². The number of amides is 1. The summed E-state index contributed by atoms with van der Waals surface area (Å²) < 4.78 is 0. The summed E-state index contributed by atoms with van der Waals surface area (Å²) in [6.07, 6.45) is 0.0957. The van der Waals surface area contributed by atoms with Gasteiger partial charge in [0.25, 0.3) is 0 Å². The number of thiol groups is 1. The molecule has 2 unspecified atom stereocenters. The normalized spacial score (nSPS) is 20.6. The summed E-state index contributed by atoms with van der Waals surface area (Å²) in [5.41, 5.74) is 1.63. The molecule has 1 aromatic rings. The maximum absolute atomic E-state index is 11.6. The summed E-state index contributed by atoms with van der Waals surface area (Å²) in [6.45, 7) is 1.88. The Bertz CT molecular complexity index is 437. The van der Waals surface area contributed by atoms with E-state index in [0.717, 1.165) is 16.1 Å². The highest BCUT2D eigenvalue weighted by molar-refractivity contribution is 8.00. The Balaban J connectivity index is 2.25. The van der Waals surface area contributed by atoms with Crippen LogP contribution in [0.1, 0.15) is 25.0 Å². The molecule has 0 bridgehead atoms. The van der Waals surface area contributed by atoms with Crippen LogP contribution in [0.25, 0.3) is 0 Å². The third-order valence-electron chi connectivity index (χ3n) is 2.72. The largest absolute Gasteiger partial charge is 0.388 e. The molecule has 0 aliphatic carbocycles. The average molecular weight is 269 g/mol. The number of carbonyl (C=O) groups is 1. The van der Waals surface area contributed by atoms with Gasteiger partial charge in [-0.05, 0) is 36.8 Å². The smallest absolute Gasteiger partial charge is 0.237 e. The summed E-state index contributed by atoms with van der Waals surface area (Å²) >= 11 is 5.65. The van der Waals surface area contributed by atoms with Crippen LogP contribution >= 0.6 is 24.4 Å². The van der Waals surface area contributed by atoms with Crippen LogP contribution < -0.4 is 5.32 Å². The summed E-state index contributed by atoms with van der Waals surface area (Å²) in [6, 6.07) is 5.71. The Morgan fingerprint density at radius 1 is 1.59 bits per heavy atom. The third kappa shape index (κ3) is 2.78. The number of hydrogen-bond acceptors (Lipinski definition) is 4. The second-order valence-electron chi connectivity index (χ2n) is 4.03.